The van der Waals surface area contributed by atoms with E-state index < -0.39 is 11.9 Å². The van der Waals surface area contributed by atoms with Crippen LogP contribution in [0.1, 0.15) is 20.7 Å². The van der Waals surface area contributed by atoms with Gasteiger partial charge in [0.15, 0.2) is 0 Å². The fraction of sp³-hybridized carbons (Fsp3) is 0. The second-order valence-corrected chi connectivity index (χ2v) is 3.87. The van der Waals surface area contributed by atoms with Crippen LogP contribution in [0.4, 0.5) is 0 Å². The minimum Gasteiger partial charge on any atom is -0.456 e. The molecule has 2 aromatic carbocycles. The highest BCUT2D eigenvalue weighted by atomic mass is 17.2. The SMILES string of the molecule is O=C(OOC(=O)c1ccc2cc1O2)c1ccccc1. The van der Waals surface area contributed by atoms with Crippen LogP contribution in [-0.2, 0) is 9.78 Å². The lowest BCUT2D eigenvalue weighted by Gasteiger charge is -2.18. The molecule has 0 fully saturated rings. The first-order valence-electron chi connectivity index (χ1n) is 5.54. The fourth-order valence-corrected chi connectivity index (χ4v) is 1.63. The van der Waals surface area contributed by atoms with Gasteiger partial charge in [0, 0.05) is 6.07 Å². The summed E-state index contributed by atoms with van der Waals surface area (Å²) in [4.78, 5) is 32.2. The molecule has 0 amide bonds. The maximum Gasteiger partial charge on any atom is 0.390 e. The molecule has 2 aliphatic rings. The van der Waals surface area contributed by atoms with E-state index in [1.807, 2.05) is 0 Å². The van der Waals surface area contributed by atoms with Crippen molar-refractivity contribution >= 4 is 11.9 Å². The van der Waals surface area contributed by atoms with Gasteiger partial charge in [0.25, 0.3) is 0 Å². The Bertz CT molecular complexity index is 644. The summed E-state index contributed by atoms with van der Waals surface area (Å²) in [7, 11) is 0. The zero-order chi connectivity index (χ0) is 13.2. The number of carbonyl (C=O) groups excluding carboxylic acids is 2. The molecular weight excluding hydrogens is 248 g/mol. The van der Waals surface area contributed by atoms with E-state index in [0.29, 0.717) is 17.1 Å². The van der Waals surface area contributed by atoms with Crippen molar-refractivity contribution in [3.05, 3.63) is 59.7 Å². The van der Waals surface area contributed by atoms with Crippen LogP contribution in [0, 0.1) is 0 Å². The van der Waals surface area contributed by atoms with Crippen molar-refractivity contribution in [1.82, 2.24) is 0 Å². The number of rotatable bonds is 2. The largest absolute Gasteiger partial charge is 0.456 e. The Morgan fingerprint density at radius 3 is 2.21 bits per heavy atom. The van der Waals surface area contributed by atoms with E-state index in [9.17, 15) is 9.59 Å². The first kappa shape index (κ1) is 11.3. The van der Waals surface area contributed by atoms with E-state index in [1.165, 1.54) is 0 Å². The lowest BCUT2D eigenvalue weighted by molar-refractivity contribution is -0.187. The molecule has 94 valence electrons. The van der Waals surface area contributed by atoms with Crippen molar-refractivity contribution in [3.8, 4) is 11.5 Å². The molecule has 0 radical (unpaired) electrons. The van der Waals surface area contributed by atoms with Crippen LogP contribution in [0.25, 0.3) is 0 Å². The van der Waals surface area contributed by atoms with Crippen molar-refractivity contribution < 1.29 is 24.1 Å². The fourth-order valence-electron chi connectivity index (χ4n) is 1.63. The highest BCUT2D eigenvalue weighted by Gasteiger charge is 2.23. The topological polar surface area (TPSA) is 61.8 Å². The van der Waals surface area contributed by atoms with Crippen LogP contribution in [0.2, 0.25) is 0 Å². The number of carbonyl (C=O) groups is 2. The average molecular weight is 256 g/mol. The zero-order valence-corrected chi connectivity index (χ0v) is 9.66. The van der Waals surface area contributed by atoms with E-state index in [1.54, 1.807) is 48.5 Å². The molecule has 5 heteroatoms. The first-order chi connectivity index (χ1) is 9.24. The number of benzene rings is 2. The Kier molecular flexibility index (Phi) is 2.64. The quantitative estimate of drug-likeness (QED) is 0.521. The van der Waals surface area contributed by atoms with Gasteiger partial charge in [-0.15, -0.1) is 0 Å². The van der Waals surface area contributed by atoms with Crippen LogP contribution in [0.3, 0.4) is 0 Å². The molecule has 0 spiro atoms. The molecule has 5 nitrogen and oxygen atoms in total. The van der Waals surface area contributed by atoms with Gasteiger partial charge in [0.1, 0.15) is 17.1 Å². The molecule has 19 heavy (non-hydrogen) atoms. The first-order valence-corrected chi connectivity index (χ1v) is 5.54. The van der Waals surface area contributed by atoms with Gasteiger partial charge in [-0.2, -0.15) is 0 Å². The van der Waals surface area contributed by atoms with Crippen LogP contribution >= 0.6 is 0 Å². The third kappa shape index (κ3) is 2.13. The summed E-state index contributed by atoms with van der Waals surface area (Å²) in [5.41, 5.74) is 0.519. The van der Waals surface area contributed by atoms with Crippen molar-refractivity contribution in [1.29, 1.82) is 0 Å². The predicted molar refractivity (Wildman–Crippen MR) is 63.8 cm³/mol. The molecule has 0 saturated carbocycles. The van der Waals surface area contributed by atoms with Gasteiger partial charge in [-0.1, -0.05) is 18.2 Å². The maximum atomic E-state index is 11.7. The molecular formula is C14H8O5. The third-order valence-electron chi connectivity index (χ3n) is 2.60. The van der Waals surface area contributed by atoms with Gasteiger partial charge in [-0.3, -0.25) is 0 Å². The molecule has 2 bridgehead atoms. The number of hydrogen-bond acceptors (Lipinski definition) is 5. The summed E-state index contributed by atoms with van der Waals surface area (Å²) in [6, 6.07) is 13.1. The lowest BCUT2D eigenvalue weighted by atomic mass is 10.1. The molecule has 0 unspecified atom stereocenters. The van der Waals surface area contributed by atoms with Crippen molar-refractivity contribution in [3.63, 3.8) is 0 Å². The van der Waals surface area contributed by atoms with Gasteiger partial charge >= 0.3 is 11.9 Å². The zero-order valence-electron chi connectivity index (χ0n) is 9.66. The highest BCUT2D eigenvalue weighted by Crippen LogP contribution is 2.38. The maximum absolute atomic E-state index is 11.7. The molecule has 0 atom stereocenters. The standard InChI is InChI=1S/C14H8O5/c15-13(9-4-2-1-3-5-9)18-19-14(16)11-7-6-10-8-12(11)17-10/h1-8H. The van der Waals surface area contributed by atoms with E-state index >= 15 is 0 Å². The molecule has 4 rings (SSSR count). The van der Waals surface area contributed by atoms with Gasteiger partial charge in [0.2, 0.25) is 0 Å². The predicted octanol–water partition coefficient (Wildman–Crippen LogP) is 2.72. The summed E-state index contributed by atoms with van der Waals surface area (Å²) in [5.74, 6) is -0.401. The van der Waals surface area contributed by atoms with Gasteiger partial charge < -0.3 is 4.74 Å². The summed E-state index contributed by atoms with van der Waals surface area (Å²) in [6.07, 6.45) is 0. The van der Waals surface area contributed by atoms with E-state index in [2.05, 4.69) is 9.78 Å². The molecule has 2 heterocycles. The number of hydrogen-bond donors (Lipinski definition) is 0. The minimum atomic E-state index is -0.773. The van der Waals surface area contributed by atoms with Gasteiger partial charge in [-0.25, -0.2) is 19.4 Å². The summed E-state index contributed by atoms with van der Waals surface area (Å²) in [6.45, 7) is 0. The van der Waals surface area contributed by atoms with E-state index in [4.69, 9.17) is 4.74 Å². The molecule has 0 aromatic heterocycles. The average Bonchev–Trinajstić information content (AvgIpc) is 2.44. The highest BCUT2D eigenvalue weighted by molar-refractivity contribution is 5.95. The normalized spacial score (nSPS) is 10.9. The lowest BCUT2D eigenvalue weighted by Crippen LogP contribution is -2.14. The van der Waals surface area contributed by atoms with Crippen molar-refractivity contribution in [2.45, 2.75) is 0 Å². The van der Waals surface area contributed by atoms with Crippen LogP contribution < -0.4 is 4.74 Å². The van der Waals surface area contributed by atoms with Crippen LogP contribution in [0.5, 0.6) is 11.5 Å². The molecule has 2 aromatic rings. The Labute approximate surface area is 108 Å². The van der Waals surface area contributed by atoms with Gasteiger partial charge in [-0.05, 0) is 24.3 Å². The Balaban J connectivity index is 1.63. The molecule has 2 aliphatic heterocycles. The Morgan fingerprint density at radius 1 is 0.895 bits per heavy atom. The van der Waals surface area contributed by atoms with Crippen LogP contribution in [0.15, 0.2) is 48.5 Å². The Morgan fingerprint density at radius 2 is 1.58 bits per heavy atom. The van der Waals surface area contributed by atoms with E-state index in [-0.39, 0.29) is 5.56 Å². The van der Waals surface area contributed by atoms with E-state index in [0.717, 1.165) is 0 Å². The summed E-state index contributed by atoms with van der Waals surface area (Å²) < 4.78 is 5.11. The summed E-state index contributed by atoms with van der Waals surface area (Å²) in [5, 5.41) is 0. The smallest absolute Gasteiger partial charge is 0.390 e. The van der Waals surface area contributed by atoms with Crippen LogP contribution in [-0.4, -0.2) is 11.9 Å². The molecule has 0 aliphatic carbocycles. The summed E-state index contributed by atoms with van der Waals surface area (Å²) >= 11 is 0. The van der Waals surface area contributed by atoms with Crippen molar-refractivity contribution in [2.24, 2.45) is 0 Å². The second-order valence-electron chi connectivity index (χ2n) is 3.87. The molecule has 0 N–H and O–H groups in total. The van der Waals surface area contributed by atoms with Crippen molar-refractivity contribution in [2.75, 3.05) is 0 Å². The number of ether oxygens (including phenoxy) is 1. The second kappa shape index (κ2) is 4.45. The monoisotopic (exact) mass is 256 g/mol. The minimum absolute atomic E-state index is 0.218. The number of fused-ring (bicyclic) bond motifs is 2. The van der Waals surface area contributed by atoms with Gasteiger partial charge in [0.05, 0.1) is 5.56 Å². The Hall–Kier alpha value is -2.82. The molecule has 0 saturated heterocycles. The third-order valence-corrected chi connectivity index (χ3v) is 2.60.